The first-order chi connectivity index (χ1) is 18.5. The van der Waals surface area contributed by atoms with Crippen molar-refractivity contribution in [1.29, 1.82) is 0 Å². The van der Waals surface area contributed by atoms with Crippen LogP contribution in [-0.2, 0) is 16.6 Å². The molecule has 2 aromatic heterocycles. The summed E-state index contributed by atoms with van der Waals surface area (Å²) in [6.45, 7) is 4.20. The fraction of sp³-hybridized carbons (Fsp3) is 0.200. The van der Waals surface area contributed by atoms with Gasteiger partial charge in [0.05, 0.1) is 22.9 Å². The van der Waals surface area contributed by atoms with Gasteiger partial charge < -0.3 is 9.30 Å². The fourth-order valence-electron chi connectivity index (χ4n) is 4.60. The number of hydrogen-bond acceptors (Lipinski definition) is 6. The Morgan fingerprint density at radius 1 is 1.00 bits per heavy atom. The summed E-state index contributed by atoms with van der Waals surface area (Å²) in [5, 5.41) is 2.16. The summed E-state index contributed by atoms with van der Waals surface area (Å²) >= 11 is 1.15. The van der Waals surface area contributed by atoms with E-state index in [0.29, 0.717) is 34.5 Å². The van der Waals surface area contributed by atoms with E-state index in [4.69, 9.17) is 4.74 Å². The molecule has 0 radical (unpaired) electrons. The van der Waals surface area contributed by atoms with Gasteiger partial charge in [-0.15, -0.1) is 0 Å². The minimum Gasteiger partial charge on any atom is -0.368 e. The highest BCUT2D eigenvalue weighted by atomic mass is 32.2. The lowest BCUT2D eigenvalue weighted by atomic mass is 9.92. The van der Waals surface area contributed by atoms with Gasteiger partial charge in [-0.25, -0.2) is 4.98 Å². The van der Waals surface area contributed by atoms with E-state index in [-0.39, 0.29) is 11.5 Å². The van der Waals surface area contributed by atoms with E-state index in [0.717, 1.165) is 39.7 Å². The number of benzene rings is 3. The molecule has 5 aromatic rings. The van der Waals surface area contributed by atoms with Crippen molar-refractivity contribution in [3.05, 3.63) is 101 Å². The Kier molecular flexibility index (Phi) is 7.53. The topological polar surface area (TPSA) is 86.1 Å². The fourth-order valence-corrected chi connectivity index (χ4v) is 5.21. The molecule has 0 bridgehead atoms. The summed E-state index contributed by atoms with van der Waals surface area (Å²) in [7, 11) is 1.80. The number of nitrogens with one attached hydrogen (secondary N) is 1. The molecular formula is C30H28N4O3S. The predicted molar refractivity (Wildman–Crippen MR) is 152 cm³/mol. The zero-order valence-electron chi connectivity index (χ0n) is 21.5. The van der Waals surface area contributed by atoms with Crippen molar-refractivity contribution in [2.75, 3.05) is 6.61 Å². The lowest BCUT2D eigenvalue weighted by Crippen LogP contribution is -2.25. The number of carbonyl (C=O) groups is 1. The molecule has 0 aliphatic rings. The first kappa shape index (κ1) is 25.6. The van der Waals surface area contributed by atoms with Crippen LogP contribution in [0.25, 0.3) is 32.9 Å². The third-order valence-corrected chi connectivity index (χ3v) is 7.17. The molecule has 0 saturated heterocycles. The van der Waals surface area contributed by atoms with Crippen LogP contribution in [0, 0.1) is 0 Å². The average Bonchev–Trinajstić information content (AvgIpc) is 2.96. The smallest absolute Gasteiger partial charge is 0.258 e. The van der Waals surface area contributed by atoms with Crippen molar-refractivity contribution in [2.24, 2.45) is 7.05 Å². The van der Waals surface area contributed by atoms with Crippen molar-refractivity contribution in [2.45, 2.75) is 31.4 Å². The lowest BCUT2D eigenvalue weighted by Gasteiger charge is -2.25. The Labute approximate surface area is 225 Å². The number of nitrogens with zero attached hydrogens (tertiary/aromatic N) is 3. The molecule has 0 aliphatic carbocycles. The normalized spacial score (nSPS) is 12.1. The van der Waals surface area contributed by atoms with Crippen LogP contribution < -0.4 is 10.3 Å². The number of carbonyl (C=O) groups excluding carboxylic acids is 1. The first-order valence-electron chi connectivity index (χ1n) is 12.5. The van der Waals surface area contributed by atoms with Crippen LogP contribution in [0.2, 0.25) is 0 Å². The van der Waals surface area contributed by atoms with E-state index in [9.17, 15) is 9.59 Å². The second kappa shape index (κ2) is 11.2. The third-order valence-electron chi connectivity index (χ3n) is 6.43. The molecule has 3 aromatic carbocycles. The molecule has 1 atom stereocenters. The Morgan fingerprint density at radius 3 is 2.47 bits per heavy atom. The summed E-state index contributed by atoms with van der Waals surface area (Å²) < 4.78 is 10.8. The minimum absolute atomic E-state index is 0.0676. The molecule has 0 fully saturated rings. The van der Waals surface area contributed by atoms with Gasteiger partial charge >= 0.3 is 0 Å². The highest BCUT2D eigenvalue weighted by molar-refractivity contribution is 7.97. The van der Waals surface area contributed by atoms with Gasteiger partial charge in [0.2, 0.25) is 5.91 Å². The van der Waals surface area contributed by atoms with E-state index in [1.165, 1.54) is 0 Å². The monoisotopic (exact) mass is 524 g/mol. The highest BCUT2D eigenvalue weighted by Gasteiger charge is 2.25. The molecule has 8 heteroatoms. The SMILES string of the molecule is CCOC(c1ccc2nc(SNC(=O)CC)cnc2c1)c1c(-c2ccccc2)c2ccccc2c(=O)n1C. The largest absolute Gasteiger partial charge is 0.368 e. The Balaban J connectivity index is 1.67. The first-order valence-corrected chi connectivity index (χ1v) is 13.3. The van der Waals surface area contributed by atoms with E-state index in [1.807, 2.05) is 67.6 Å². The number of hydrogen-bond donors (Lipinski definition) is 1. The molecule has 2 heterocycles. The van der Waals surface area contributed by atoms with Crippen LogP contribution >= 0.6 is 11.9 Å². The van der Waals surface area contributed by atoms with E-state index < -0.39 is 6.10 Å². The second-order valence-electron chi connectivity index (χ2n) is 8.81. The van der Waals surface area contributed by atoms with Crippen molar-refractivity contribution in [1.82, 2.24) is 19.3 Å². The maximum absolute atomic E-state index is 13.5. The van der Waals surface area contributed by atoms with Crippen molar-refractivity contribution >= 4 is 39.7 Å². The van der Waals surface area contributed by atoms with Crippen LogP contribution in [0.3, 0.4) is 0 Å². The molecule has 0 spiro atoms. The quantitative estimate of drug-likeness (QED) is 0.258. The highest BCUT2D eigenvalue weighted by Crippen LogP contribution is 2.38. The number of fused-ring (bicyclic) bond motifs is 2. The van der Waals surface area contributed by atoms with E-state index in [1.54, 1.807) is 24.7 Å². The Hall–Kier alpha value is -4.01. The molecule has 192 valence electrons. The molecule has 1 N–H and O–H groups in total. The number of pyridine rings is 1. The molecular weight excluding hydrogens is 496 g/mol. The summed E-state index contributed by atoms with van der Waals surface area (Å²) in [4.78, 5) is 34.3. The van der Waals surface area contributed by atoms with Crippen molar-refractivity contribution in [3.8, 4) is 11.1 Å². The van der Waals surface area contributed by atoms with Gasteiger partial charge in [0.15, 0.2) is 0 Å². The average molecular weight is 525 g/mol. The number of aromatic nitrogens is 3. The second-order valence-corrected chi connectivity index (χ2v) is 9.64. The molecule has 7 nitrogen and oxygen atoms in total. The lowest BCUT2D eigenvalue weighted by molar-refractivity contribution is -0.118. The summed E-state index contributed by atoms with van der Waals surface area (Å²) in [6.07, 6.45) is 1.53. The molecule has 38 heavy (non-hydrogen) atoms. The summed E-state index contributed by atoms with van der Waals surface area (Å²) in [5.74, 6) is -0.0676. The van der Waals surface area contributed by atoms with E-state index >= 15 is 0 Å². The standard InChI is InChI=1S/C30H28N4O3S/c1-4-25(35)33-38-26-18-31-24-17-20(15-16-23(24)32-26)29(37-5-2)28-27(19-11-7-6-8-12-19)21-13-9-10-14-22(21)30(36)34(28)3/h6-18,29H,4-5H2,1-3H3,(H,33,35). The number of ether oxygens (including phenoxy) is 1. The zero-order valence-corrected chi connectivity index (χ0v) is 22.3. The van der Waals surface area contributed by atoms with Crippen LogP contribution in [0.4, 0.5) is 0 Å². The maximum atomic E-state index is 13.5. The van der Waals surface area contributed by atoms with Gasteiger partial charge in [-0.3, -0.25) is 19.3 Å². The molecule has 0 saturated carbocycles. The Bertz CT molecular complexity index is 1680. The molecule has 5 rings (SSSR count). The summed E-state index contributed by atoms with van der Waals surface area (Å²) in [5.41, 5.74) is 4.96. The van der Waals surface area contributed by atoms with Crippen molar-refractivity contribution < 1.29 is 9.53 Å². The van der Waals surface area contributed by atoms with Gasteiger partial charge in [0.1, 0.15) is 11.1 Å². The minimum atomic E-state index is -0.512. The van der Waals surface area contributed by atoms with Crippen LogP contribution in [0.5, 0.6) is 0 Å². The van der Waals surface area contributed by atoms with E-state index in [2.05, 4.69) is 26.8 Å². The zero-order chi connectivity index (χ0) is 26.6. The predicted octanol–water partition coefficient (Wildman–Crippen LogP) is 5.81. The van der Waals surface area contributed by atoms with Gasteiger partial charge in [0, 0.05) is 43.0 Å². The van der Waals surface area contributed by atoms with Gasteiger partial charge in [0.25, 0.3) is 5.56 Å². The Morgan fingerprint density at radius 2 is 1.74 bits per heavy atom. The third kappa shape index (κ3) is 4.92. The maximum Gasteiger partial charge on any atom is 0.258 e. The van der Waals surface area contributed by atoms with Crippen LogP contribution in [-0.4, -0.2) is 27.0 Å². The van der Waals surface area contributed by atoms with Crippen LogP contribution in [0.1, 0.15) is 37.6 Å². The van der Waals surface area contributed by atoms with Gasteiger partial charge in [-0.2, -0.15) is 0 Å². The van der Waals surface area contributed by atoms with Crippen molar-refractivity contribution in [3.63, 3.8) is 0 Å². The van der Waals surface area contributed by atoms with Crippen LogP contribution in [0.15, 0.2) is 88.8 Å². The number of amides is 1. The van der Waals surface area contributed by atoms with Gasteiger partial charge in [-0.05, 0) is 41.6 Å². The summed E-state index contributed by atoms with van der Waals surface area (Å²) in [6, 6.07) is 23.6. The van der Waals surface area contributed by atoms with Gasteiger partial charge in [-0.1, -0.05) is 61.5 Å². The molecule has 1 unspecified atom stereocenters. The number of rotatable bonds is 8. The molecule has 0 aliphatic heterocycles. The molecule has 1 amide bonds.